The monoisotopic (exact) mass is 525 g/mol. The van der Waals surface area contributed by atoms with E-state index in [4.69, 9.17) is 14.6 Å². The molecule has 3 atom stereocenters. The highest BCUT2D eigenvalue weighted by Crippen LogP contribution is 2.29. The van der Waals surface area contributed by atoms with Gasteiger partial charge in [-0.3, -0.25) is 19.2 Å². The molecule has 3 rings (SSSR count). The van der Waals surface area contributed by atoms with Crippen molar-refractivity contribution in [2.45, 2.75) is 50.9 Å². The molecule has 3 N–H and O–H groups in total. The molecular formula is C27H31N3O8. The molecule has 1 aliphatic rings. The predicted octanol–water partition coefficient (Wildman–Crippen LogP) is 1.54. The number of aldehydes is 1. The minimum Gasteiger partial charge on any atom is -0.493 e. The van der Waals surface area contributed by atoms with Gasteiger partial charge >= 0.3 is 5.97 Å². The average Bonchev–Trinajstić information content (AvgIpc) is 3.41. The van der Waals surface area contributed by atoms with Crippen molar-refractivity contribution in [2.24, 2.45) is 0 Å². The average molecular weight is 526 g/mol. The van der Waals surface area contributed by atoms with Crippen molar-refractivity contribution < 1.29 is 38.6 Å². The Kier molecular flexibility index (Phi) is 9.80. The Bertz CT molecular complexity index is 1170. The molecule has 0 spiro atoms. The molecule has 11 heteroatoms. The topological polar surface area (TPSA) is 151 Å². The quantitative estimate of drug-likeness (QED) is 0.353. The van der Waals surface area contributed by atoms with Crippen LogP contribution in [0.2, 0.25) is 0 Å². The van der Waals surface area contributed by atoms with E-state index >= 15 is 0 Å². The number of nitrogens with zero attached hydrogens (tertiary/aromatic N) is 1. The molecule has 1 heterocycles. The van der Waals surface area contributed by atoms with Crippen LogP contribution in [-0.2, 0) is 25.8 Å². The molecule has 0 aliphatic carbocycles. The van der Waals surface area contributed by atoms with E-state index in [1.54, 1.807) is 12.1 Å². The maximum atomic E-state index is 13.1. The number of methoxy groups -OCH3 is 1. The minimum atomic E-state index is -1.23. The summed E-state index contributed by atoms with van der Waals surface area (Å²) in [7, 11) is 1.49. The van der Waals surface area contributed by atoms with Gasteiger partial charge in [-0.1, -0.05) is 30.3 Å². The van der Waals surface area contributed by atoms with Crippen LogP contribution >= 0.6 is 0 Å². The van der Waals surface area contributed by atoms with Crippen LogP contribution in [0.25, 0.3) is 0 Å². The second-order valence-electron chi connectivity index (χ2n) is 8.87. The van der Waals surface area contributed by atoms with E-state index in [-0.39, 0.29) is 12.2 Å². The molecule has 38 heavy (non-hydrogen) atoms. The number of carbonyl (C=O) groups excluding carboxylic acids is 4. The first-order chi connectivity index (χ1) is 18.2. The van der Waals surface area contributed by atoms with Crippen LogP contribution in [0, 0.1) is 0 Å². The van der Waals surface area contributed by atoms with Crippen molar-refractivity contribution in [2.75, 3.05) is 13.7 Å². The van der Waals surface area contributed by atoms with Crippen molar-refractivity contribution in [1.82, 2.24) is 15.5 Å². The summed E-state index contributed by atoms with van der Waals surface area (Å²) in [5.74, 6) is -2.01. The minimum absolute atomic E-state index is 0.256. The third kappa shape index (κ3) is 7.31. The molecule has 1 aliphatic heterocycles. The third-order valence-corrected chi connectivity index (χ3v) is 6.11. The van der Waals surface area contributed by atoms with Gasteiger partial charge in [0, 0.05) is 12.1 Å². The van der Waals surface area contributed by atoms with Gasteiger partial charge in [0.2, 0.25) is 11.8 Å². The fourth-order valence-electron chi connectivity index (χ4n) is 4.16. The zero-order chi connectivity index (χ0) is 27.7. The van der Waals surface area contributed by atoms with Crippen LogP contribution < -0.4 is 20.1 Å². The van der Waals surface area contributed by atoms with Gasteiger partial charge < -0.3 is 34.9 Å². The van der Waals surface area contributed by atoms with Gasteiger partial charge in [0.25, 0.3) is 5.91 Å². The van der Waals surface area contributed by atoms with E-state index in [9.17, 15) is 24.0 Å². The van der Waals surface area contributed by atoms with Gasteiger partial charge in [-0.15, -0.1) is 0 Å². The molecule has 3 unspecified atom stereocenters. The summed E-state index contributed by atoms with van der Waals surface area (Å²) in [5, 5.41) is 13.9. The van der Waals surface area contributed by atoms with Gasteiger partial charge in [0.1, 0.15) is 25.0 Å². The van der Waals surface area contributed by atoms with Gasteiger partial charge in [-0.2, -0.15) is 0 Å². The molecule has 0 aromatic heterocycles. The summed E-state index contributed by atoms with van der Waals surface area (Å²) < 4.78 is 11.2. The normalized spacial score (nSPS) is 16.2. The molecular weight excluding hydrogens is 494 g/mol. The van der Waals surface area contributed by atoms with E-state index in [1.165, 1.54) is 25.0 Å². The molecule has 0 radical (unpaired) electrons. The lowest BCUT2D eigenvalue weighted by atomic mass is 10.1. The second-order valence-corrected chi connectivity index (χ2v) is 8.87. The number of benzene rings is 2. The van der Waals surface area contributed by atoms with Crippen molar-refractivity contribution in [3.8, 4) is 11.5 Å². The van der Waals surface area contributed by atoms with Crippen molar-refractivity contribution in [1.29, 1.82) is 0 Å². The maximum absolute atomic E-state index is 13.1. The number of aliphatic carboxylic acids is 1. The molecule has 1 fully saturated rings. The molecule has 3 amide bonds. The third-order valence-electron chi connectivity index (χ3n) is 6.11. The lowest BCUT2D eigenvalue weighted by molar-refractivity contribution is -0.141. The van der Waals surface area contributed by atoms with E-state index in [1.807, 2.05) is 30.3 Å². The Morgan fingerprint density at radius 2 is 1.84 bits per heavy atom. The maximum Gasteiger partial charge on any atom is 0.305 e. The summed E-state index contributed by atoms with van der Waals surface area (Å²) >= 11 is 0. The van der Waals surface area contributed by atoms with Crippen molar-refractivity contribution >= 4 is 30.0 Å². The smallest absolute Gasteiger partial charge is 0.305 e. The fourth-order valence-corrected chi connectivity index (χ4v) is 4.16. The van der Waals surface area contributed by atoms with E-state index in [2.05, 4.69) is 10.6 Å². The zero-order valence-corrected chi connectivity index (χ0v) is 21.2. The van der Waals surface area contributed by atoms with Crippen LogP contribution in [0.15, 0.2) is 48.5 Å². The lowest BCUT2D eigenvalue weighted by Gasteiger charge is -2.28. The van der Waals surface area contributed by atoms with Gasteiger partial charge in [0.05, 0.1) is 19.6 Å². The predicted molar refractivity (Wildman–Crippen MR) is 136 cm³/mol. The highest BCUT2D eigenvalue weighted by molar-refractivity contribution is 5.99. The van der Waals surface area contributed by atoms with Crippen LogP contribution in [-0.4, -0.2) is 71.8 Å². The number of rotatable bonds is 12. The van der Waals surface area contributed by atoms with Crippen LogP contribution in [0.5, 0.6) is 11.5 Å². The van der Waals surface area contributed by atoms with Gasteiger partial charge in [-0.05, 0) is 43.5 Å². The fraction of sp³-hybridized carbons (Fsp3) is 0.370. The molecule has 2 aromatic rings. The van der Waals surface area contributed by atoms with Crippen LogP contribution in [0.1, 0.15) is 42.1 Å². The first-order valence-corrected chi connectivity index (χ1v) is 12.2. The second kappa shape index (κ2) is 13.2. The Labute approximate surface area is 220 Å². The first kappa shape index (κ1) is 28.2. The highest BCUT2D eigenvalue weighted by Gasteiger charge is 2.37. The number of hydrogen-bond donors (Lipinski definition) is 3. The Morgan fingerprint density at radius 3 is 2.50 bits per heavy atom. The number of likely N-dealkylation sites (tertiary alicyclic amines) is 1. The summed E-state index contributed by atoms with van der Waals surface area (Å²) in [6.07, 6.45) is 0.706. The number of carbonyl (C=O) groups is 5. The number of amides is 3. The van der Waals surface area contributed by atoms with E-state index in [0.717, 1.165) is 5.56 Å². The highest BCUT2D eigenvalue weighted by atomic mass is 16.5. The number of hydrogen-bond acceptors (Lipinski definition) is 7. The Morgan fingerprint density at radius 1 is 1.11 bits per heavy atom. The summed E-state index contributed by atoms with van der Waals surface area (Å²) in [5.41, 5.74) is 1.20. The Balaban J connectivity index is 1.64. The number of ether oxygens (including phenoxy) is 2. The molecule has 2 aromatic carbocycles. The molecule has 0 bridgehead atoms. The molecule has 202 valence electrons. The molecule has 1 saturated heterocycles. The largest absolute Gasteiger partial charge is 0.493 e. The number of carboxylic acids is 1. The van der Waals surface area contributed by atoms with Gasteiger partial charge in [0.15, 0.2) is 11.5 Å². The Hall–Kier alpha value is -4.41. The van der Waals surface area contributed by atoms with E-state index in [0.29, 0.717) is 37.2 Å². The van der Waals surface area contributed by atoms with Gasteiger partial charge in [-0.25, -0.2) is 0 Å². The SMILES string of the molecule is COc1ccc(C(=O)NC(C)C(=O)N2CCCC2C(=O)NC(C=O)CC(=O)O)cc1OCc1ccccc1. The number of nitrogens with one attached hydrogen (secondary N) is 2. The zero-order valence-electron chi connectivity index (χ0n) is 21.2. The van der Waals surface area contributed by atoms with Crippen molar-refractivity contribution in [3.63, 3.8) is 0 Å². The molecule has 11 nitrogen and oxygen atoms in total. The summed E-state index contributed by atoms with van der Waals surface area (Å²) in [4.78, 5) is 62.1. The van der Waals surface area contributed by atoms with Crippen molar-refractivity contribution in [3.05, 3.63) is 59.7 Å². The standard InChI is InChI=1S/C27H31N3O8/c1-17(27(36)30-12-6-9-21(30)26(35)29-20(15-31)14-24(32)33)28-25(34)19-10-11-22(37-2)23(13-19)38-16-18-7-4-3-5-8-18/h3-5,7-8,10-11,13,15,17,20-21H,6,9,12,14,16H2,1-2H3,(H,28,34)(H,29,35)(H,32,33). The first-order valence-electron chi connectivity index (χ1n) is 12.2. The summed E-state index contributed by atoms with van der Waals surface area (Å²) in [6, 6.07) is 11.2. The van der Waals surface area contributed by atoms with Crippen LogP contribution in [0.4, 0.5) is 0 Å². The summed E-state index contributed by atoms with van der Waals surface area (Å²) in [6.45, 7) is 2.08. The van der Waals surface area contributed by atoms with E-state index < -0.39 is 48.2 Å². The van der Waals surface area contributed by atoms with Crippen LogP contribution in [0.3, 0.4) is 0 Å². The lowest BCUT2D eigenvalue weighted by Crippen LogP contribution is -2.54. The number of carboxylic acid groups (broad SMARTS) is 1. The molecule has 0 saturated carbocycles.